The predicted octanol–water partition coefficient (Wildman–Crippen LogP) is 2.55. The summed E-state index contributed by atoms with van der Waals surface area (Å²) in [5.74, 6) is -0.226. The number of amides is 2. The fourth-order valence-corrected chi connectivity index (χ4v) is 3.03. The van der Waals surface area contributed by atoms with Crippen LogP contribution in [0.25, 0.3) is 6.08 Å². The first-order valence-electron chi connectivity index (χ1n) is 9.93. The summed E-state index contributed by atoms with van der Waals surface area (Å²) >= 11 is 0. The minimum absolute atomic E-state index is 0.0460. The molecule has 2 aromatic carbocycles. The molecule has 0 aliphatic heterocycles. The van der Waals surface area contributed by atoms with E-state index in [2.05, 4.69) is 20.7 Å². The van der Waals surface area contributed by atoms with Crippen LogP contribution in [0.5, 0.6) is 0 Å². The third-order valence-electron chi connectivity index (χ3n) is 4.88. The third kappa shape index (κ3) is 5.41. The van der Waals surface area contributed by atoms with Crippen molar-refractivity contribution in [1.29, 1.82) is 0 Å². The second-order valence-electron chi connectivity index (χ2n) is 7.28. The monoisotopic (exact) mass is 401 g/mol. The molecule has 1 aliphatic rings. The SMILES string of the molecule is O=C(/C=C/c1ccc(C(=O)NC2CC2)cc1)NCc1ccccc1Cn1cncn1. The van der Waals surface area contributed by atoms with Gasteiger partial charge >= 0.3 is 0 Å². The van der Waals surface area contributed by atoms with Crippen molar-refractivity contribution in [3.8, 4) is 0 Å². The zero-order valence-corrected chi connectivity index (χ0v) is 16.5. The van der Waals surface area contributed by atoms with Gasteiger partial charge in [-0.25, -0.2) is 9.67 Å². The summed E-state index contributed by atoms with van der Waals surface area (Å²) in [6.07, 6.45) is 8.53. The summed E-state index contributed by atoms with van der Waals surface area (Å²) in [5.41, 5.74) is 3.60. The molecule has 1 aliphatic carbocycles. The second kappa shape index (κ2) is 9.17. The van der Waals surface area contributed by atoms with Crippen LogP contribution >= 0.6 is 0 Å². The van der Waals surface area contributed by atoms with Gasteiger partial charge in [0.15, 0.2) is 0 Å². The summed E-state index contributed by atoms with van der Waals surface area (Å²) in [6, 6.07) is 15.5. The topological polar surface area (TPSA) is 88.9 Å². The molecular weight excluding hydrogens is 378 g/mol. The van der Waals surface area contributed by atoms with E-state index >= 15 is 0 Å². The van der Waals surface area contributed by atoms with Crippen LogP contribution in [0.15, 0.2) is 67.3 Å². The van der Waals surface area contributed by atoms with Crippen molar-refractivity contribution >= 4 is 17.9 Å². The number of nitrogens with one attached hydrogen (secondary N) is 2. The minimum Gasteiger partial charge on any atom is -0.349 e. The fourth-order valence-electron chi connectivity index (χ4n) is 3.03. The van der Waals surface area contributed by atoms with Crippen molar-refractivity contribution in [2.24, 2.45) is 0 Å². The van der Waals surface area contributed by atoms with Gasteiger partial charge in [0.1, 0.15) is 12.7 Å². The number of benzene rings is 2. The van der Waals surface area contributed by atoms with E-state index in [1.165, 1.54) is 12.4 Å². The van der Waals surface area contributed by atoms with Gasteiger partial charge < -0.3 is 10.6 Å². The van der Waals surface area contributed by atoms with Crippen molar-refractivity contribution in [3.05, 3.63) is 89.5 Å². The maximum absolute atomic E-state index is 12.2. The average Bonchev–Trinajstić information content (AvgIpc) is 3.43. The Morgan fingerprint density at radius 1 is 1.07 bits per heavy atom. The molecule has 0 atom stereocenters. The van der Waals surface area contributed by atoms with Crippen LogP contribution in [-0.4, -0.2) is 32.6 Å². The zero-order valence-electron chi connectivity index (χ0n) is 16.5. The molecule has 7 nitrogen and oxygen atoms in total. The van der Waals surface area contributed by atoms with E-state index in [0.717, 1.165) is 29.5 Å². The molecule has 3 aromatic rings. The molecule has 4 rings (SSSR count). The molecule has 30 heavy (non-hydrogen) atoms. The molecule has 1 aromatic heterocycles. The normalized spacial score (nSPS) is 13.3. The van der Waals surface area contributed by atoms with Gasteiger partial charge in [-0.15, -0.1) is 0 Å². The van der Waals surface area contributed by atoms with E-state index in [1.807, 2.05) is 36.4 Å². The maximum Gasteiger partial charge on any atom is 0.251 e. The van der Waals surface area contributed by atoms with E-state index in [4.69, 9.17) is 0 Å². The van der Waals surface area contributed by atoms with Gasteiger partial charge in [-0.05, 0) is 47.7 Å². The number of carbonyl (C=O) groups excluding carboxylic acids is 2. The van der Waals surface area contributed by atoms with E-state index in [-0.39, 0.29) is 11.8 Å². The van der Waals surface area contributed by atoms with Crippen molar-refractivity contribution in [2.75, 3.05) is 0 Å². The van der Waals surface area contributed by atoms with E-state index in [0.29, 0.717) is 24.7 Å². The highest BCUT2D eigenvalue weighted by Gasteiger charge is 2.23. The summed E-state index contributed by atoms with van der Waals surface area (Å²) < 4.78 is 1.75. The molecule has 0 radical (unpaired) electrons. The highest BCUT2D eigenvalue weighted by atomic mass is 16.2. The van der Waals surface area contributed by atoms with E-state index in [9.17, 15) is 9.59 Å². The highest BCUT2D eigenvalue weighted by molar-refractivity contribution is 5.95. The summed E-state index contributed by atoms with van der Waals surface area (Å²) in [7, 11) is 0. The number of hydrogen-bond donors (Lipinski definition) is 2. The summed E-state index contributed by atoms with van der Waals surface area (Å²) in [4.78, 5) is 28.2. The zero-order chi connectivity index (χ0) is 20.8. The lowest BCUT2D eigenvalue weighted by Gasteiger charge is -2.09. The van der Waals surface area contributed by atoms with E-state index in [1.54, 1.807) is 29.2 Å². The Bertz CT molecular complexity index is 1040. The van der Waals surface area contributed by atoms with Gasteiger partial charge in [0, 0.05) is 24.2 Å². The van der Waals surface area contributed by atoms with Crippen molar-refractivity contribution < 1.29 is 9.59 Å². The Morgan fingerprint density at radius 3 is 2.53 bits per heavy atom. The molecule has 152 valence electrons. The summed E-state index contributed by atoms with van der Waals surface area (Å²) in [5, 5.41) is 10.00. The second-order valence-corrected chi connectivity index (χ2v) is 7.28. The highest BCUT2D eigenvalue weighted by Crippen LogP contribution is 2.19. The van der Waals surface area contributed by atoms with Gasteiger partial charge in [0.25, 0.3) is 5.91 Å². The third-order valence-corrected chi connectivity index (χ3v) is 4.88. The van der Waals surface area contributed by atoms with Crippen LogP contribution in [0.4, 0.5) is 0 Å². The van der Waals surface area contributed by atoms with Crippen molar-refractivity contribution in [2.45, 2.75) is 32.0 Å². The molecule has 7 heteroatoms. The molecule has 0 unspecified atom stereocenters. The first kappa shape index (κ1) is 19.6. The minimum atomic E-state index is -0.180. The van der Waals surface area contributed by atoms with Gasteiger partial charge in [-0.3, -0.25) is 9.59 Å². The number of rotatable bonds is 8. The Morgan fingerprint density at radius 2 is 1.83 bits per heavy atom. The van der Waals surface area contributed by atoms with Gasteiger partial charge in [0.2, 0.25) is 5.91 Å². The largest absolute Gasteiger partial charge is 0.349 e. The Kier molecular flexibility index (Phi) is 5.98. The van der Waals surface area contributed by atoms with Crippen LogP contribution in [0.2, 0.25) is 0 Å². The molecule has 0 saturated heterocycles. The molecule has 0 bridgehead atoms. The molecule has 1 fully saturated rings. The lowest BCUT2D eigenvalue weighted by Crippen LogP contribution is -2.25. The van der Waals surface area contributed by atoms with Crippen LogP contribution < -0.4 is 10.6 Å². The van der Waals surface area contributed by atoms with Crippen LogP contribution in [0, 0.1) is 0 Å². The molecular formula is C23H23N5O2. The van der Waals surface area contributed by atoms with Crippen molar-refractivity contribution in [3.63, 3.8) is 0 Å². The van der Waals surface area contributed by atoms with Gasteiger partial charge in [-0.1, -0.05) is 36.4 Å². The smallest absolute Gasteiger partial charge is 0.251 e. The quantitative estimate of drug-likeness (QED) is 0.568. The number of hydrogen-bond acceptors (Lipinski definition) is 4. The molecule has 1 saturated carbocycles. The van der Waals surface area contributed by atoms with Crippen molar-refractivity contribution in [1.82, 2.24) is 25.4 Å². The Labute approximate surface area is 174 Å². The molecule has 0 spiro atoms. The van der Waals surface area contributed by atoms with Crippen LogP contribution in [-0.2, 0) is 17.9 Å². The number of nitrogens with zero attached hydrogens (tertiary/aromatic N) is 3. The lowest BCUT2D eigenvalue weighted by atomic mass is 10.1. The van der Waals surface area contributed by atoms with Gasteiger partial charge in [0.05, 0.1) is 6.54 Å². The predicted molar refractivity (Wildman–Crippen MR) is 113 cm³/mol. The van der Waals surface area contributed by atoms with Crippen LogP contribution in [0.1, 0.15) is 39.9 Å². The first-order valence-corrected chi connectivity index (χ1v) is 9.93. The average molecular weight is 401 g/mol. The van der Waals surface area contributed by atoms with Crippen LogP contribution in [0.3, 0.4) is 0 Å². The fraction of sp³-hybridized carbons (Fsp3) is 0.217. The number of carbonyl (C=O) groups is 2. The Balaban J connectivity index is 1.30. The Hall–Kier alpha value is -3.74. The standard InChI is InChI=1S/C23H23N5O2/c29-22(12-7-17-5-8-18(9-6-17)23(30)27-21-10-11-21)25-13-19-3-1-2-4-20(19)14-28-16-24-15-26-28/h1-9,12,15-16,21H,10-11,13-14H2,(H,25,29)(H,27,30)/b12-7+. The molecule has 2 N–H and O–H groups in total. The maximum atomic E-state index is 12.2. The molecule has 1 heterocycles. The molecule has 2 amide bonds. The lowest BCUT2D eigenvalue weighted by molar-refractivity contribution is -0.116. The number of aromatic nitrogens is 3. The van der Waals surface area contributed by atoms with E-state index < -0.39 is 0 Å². The summed E-state index contributed by atoms with van der Waals surface area (Å²) in [6.45, 7) is 1.02. The van der Waals surface area contributed by atoms with Gasteiger partial charge in [-0.2, -0.15) is 5.10 Å². The first-order chi connectivity index (χ1) is 14.7.